The van der Waals surface area contributed by atoms with Crippen LogP contribution in [0.3, 0.4) is 0 Å². The molecule has 2 atom stereocenters. The number of piperazine rings is 2. The van der Waals surface area contributed by atoms with E-state index in [-0.39, 0.29) is 23.9 Å². The molecule has 2 amide bonds. The summed E-state index contributed by atoms with van der Waals surface area (Å²) in [6.07, 6.45) is 4.63. The maximum absolute atomic E-state index is 13.0. The van der Waals surface area contributed by atoms with Crippen molar-refractivity contribution in [2.75, 3.05) is 26.7 Å². The Morgan fingerprint density at radius 3 is 2.53 bits per heavy atom. The van der Waals surface area contributed by atoms with Gasteiger partial charge in [-0.25, -0.2) is 4.68 Å². The minimum atomic E-state index is -0.383. The van der Waals surface area contributed by atoms with E-state index < -0.39 is 0 Å². The zero-order valence-corrected chi connectivity index (χ0v) is 18.3. The number of rotatable bonds is 5. The molecule has 7 heteroatoms. The first kappa shape index (κ1) is 20.6. The Balaban J connectivity index is 1.43. The molecule has 0 aliphatic carbocycles. The Morgan fingerprint density at radius 2 is 1.83 bits per heavy atom. The van der Waals surface area contributed by atoms with Gasteiger partial charge in [0.05, 0.1) is 11.9 Å². The zero-order valence-electron chi connectivity index (χ0n) is 18.3. The Kier molecular flexibility index (Phi) is 5.64. The van der Waals surface area contributed by atoms with Crippen LogP contribution in [-0.2, 0) is 16.1 Å². The molecule has 4 rings (SSSR count). The highest BCUT2D eigenvalue weighted by atomic mass is 16.2. The Morgan fingerprint density at radius 1 is 1.10 bits per heavy atom. The van der Waals surface area contributed by atoms with E-state index in [0.717, 1.165) is 24.3 Å². The number of aryl methyl sites for hydroxylation is 1. The molecule has 2 aliphatic rings. The predicted molar refractivity (Wildman–Crippen MR) is 115 cm³/mol. The van der Waals surface area contributed by atoms with Crippen molar-refractivity contribution < 1.29 is 9.59 Å². The summed E-state index contributed by atoms with van der Waals surface area (Å²) < 4.78 is 1.88. The number of benzene rings is 1. The van der Waals surface area contributed by atoms with Crippen LogP contribution in [0.5, 0.6) is 0 Å². The zero-order chi connectivity index (χ0) is 21.4. The van der Waals surface area contributed by atoms with Gasteiger partial charge in [-0.1, -0.05) is 31.5 Å². The molecule has 2 aromatic rings. The summed E-state index contributed by atoms with van der Waals surface area (Å²) in [4.78, 5) is 31.7. The van der Waals surface area contributed by atoms with Crippen LogP contribution < -0.4 is 0 Å². The summed E-state index contributed by atoms with van der Waals surface area (Å²) in [7, 11) is 1.77. The second kappa shape index (κ2) is 8.22. The lowest BCUT2D eigenvalue weighted by atomic mass is 9.95. The molecule has 0 saturated carbocycles. The van der Waals surface area contributed by atoms with Gasteiger partial charge in [0.2, 0.25) is 11.8 Å². The van der Waals surface area contributed by atoms with Gasteiger partial charge in [-0.3, -0.25) is 14.5 Å². The van der Waals surface area contributed by atoms with Gasteiger partial charge in [0.1, 0.15) is 12.1 Å². The minimum absolute atomic E-state index is 0.0558. The number of fused-ring (bicyclic) bond motifs is 1. The summed E-state index contributed by atoms with van der Waals surface area (Å²) in [5, 5.41) is 4.49. The number of hydrogen-bond donors (Lipinski definition) is 0. The van der Waals surface area contributed by atoms with Crippen molar-refractivity contribution in [3.63, 3.8) is 0 Å². The van der Waals surface area contributed by atoms with Crippen molar-refractivity contribution in [3.8, 4) is 5.69 Å². The van der Waals surface area contributed by atoms with E-state index in [1.807, 2.05) is 22.0 Å². The first-order valence-corrected chi connectivity index (χ1v) is 10.7. The molecule has 0 bridgehead atoms. The molecule has 160 valence electrons. The van der Waals surface area contributed by atoms with Crippen LogP contribution in [0.1, 0.15) is 31.4 Å². The Labute approximate surface area is 178 Å². The molecule has 3 heterocycles. The second-order valence-electron chi connectivity index (χ2n) is 9.01. The van der Waals surface area contributed by atoms with Crippen LogP contribution in [0.25, 0.3) is 5.69 Å². The minimum Gasteiger partial charge on any atom is -0.332 e. The van der Waals surface area contributed by atoms with Crippen LogP contribution in [-0.4, -0.2) is 75.1 Å². The SMILES string of the molecule is Cc1ccc(-n2cc(CN3CCN4C(=O)[C@H](CC(C)C)N(C)C(=O)[C@H]4C3)cn2)cc1. The molecule has 2 fully saturated rings. The highest BCUT2D eigenvalue weighted by Crippen LogP contribution is 2.25. The molecule has 2 saturated heterocycles. The summed E-state index contributed by atoms with van der Waals surface area (Å²) in [5.41, 5.74) is 3.35. The molecule has 0 N–H and O–H groups in total. The van der Waals surface area contributed by atoms with E-state index in [1.165, 1.54) is 5.56 Å². The van der Waals surface area contributed by atoms with Crippen molar-refractivity contribution in [1.82, 2.24) is 24.5 Å². The van der Waals surface area contributed by atoms with Gasteiger partial charge in [0.25, 0.3) is 0 Å². The fourth-order valence-corrected chi connectivity index (χ4v) is 4.45. The number of aromatic nitrogens is 2. The Bertz CT molecular complexity index is 920. The van der Waals surface area contributed by atoms with Gasteiger partial charge in [-0.15, -0.1) is 0 Å². The summed E-state index contributed by atoms with van der Waals surface area (Å²) in [6, 6.07) is 7.55. The highest BCUT2D eigenvalue weighted by molar-refractivity contribution is 5.97. The van der Waals surface area contributed by atoms with E-state index in [2.05, 4.69) is 55.0 Å². The normalized spacial score (nSPS) is 22.7. The molecule has 0 unspecified atom stereocenters. The van der Waals surface area contributed by atoms with Crippen LogP contribution in [0.2, 0.25) is 0 Å². The third-order valence-electron chi connectivity index (χ3n) is 6.17. The van der Waals surface area contributed by atoms with Gasteiger partial charge in [-0.05, 0) is 31.4 Å². The molecular weight excluding hydrogens is 378 g/mol. The van der Waals surface area contributed by atoms with E-state index in [1.54, 1.807) is 11.9 Å². The third kappa shape index (κ3) is 3.99. The molecule has 1 aromatic carbocycles. The fourth-order valence-electron chi connectivity index (χ4n) is 4.45. The molecule has 0 spiro atoms. The molecule has 0 radical (unpaired) electrons. The van der Waals surface area contributed by atoms with Gasteiger partial charge in [-0.2, -0.15) is 5.10 Å². The third-order valence-corrected chi connectivity index (χ3v) is 6.17. The predicted octanol–water partition coefficient (Wildman–Crippen LogP) is 2.08. The fraction of sp³-hybridized carbons (Fsp3) is 0.522. The van der Waals surface area contributed by atoms with E-state index in [0.29, 0.717) is 25.4 Å². The average Bonchev–Trinajstić information content (AvgIpc) is 3.18. The standard InChI is InChI=1S/C23H31N5O2/c1-16(2)11-20-23(30)27-10-9-26(15-21(27)22(29)25(20)4)13-18-12-24-28(14-18)19-7-5-17(3)6-8-19/h5-8,12,14,16,20-21H,9-11,13,15H2,1-4H3/t20-,21+/m0/s1. The largest absolute Gasteiger partial charge is 0.332 e. The number of carbonyl (C=O) groups is 2. The van der Waals surface area contributed by atoms with Crippen LogP contribution >= 0.6 is 0 Å². The van der Waals surface area contributed by atoms with Gasteiger partial charge >= 0.3 is 0 Å². The highest BCUT2D eigenvalue weighted by Gasteiger charge is 2.46. The van der Waals surface area contributed by atoms with Crippen LogP contribution in [0.4, 0.5) is 0 Å². The van der Waals surface area contributed by atoms with Gasteiger partial charge in [0, 0.05) is 45.0 Å². The monoisotopic (exact) mass is 409 g/mol. The van der Waals surface area contributed by atoms with Crippen LogP contribution in [0.15, 0.2) is 36.7 Å². The quantitative estimate of drug-likeness (QED) is 0.759. The maximum Gasteiger partial charge on any atom is 0.247 e. The lowest BCUT2D eigenvalue weighted by molar-refractivity contribution is -0.164. The summed E-state index contributed by atoms with van der Waals surface area (Å²) in [6.45, 7) is 8.90. The van der Waals surface area contributed by atoms with E-state index >= 15 is 0 Å². The topological polar surface area (TPSA) is 61.7 Å². The molecule has 1 aromatic heterocycles. The molecule has 7 nitrogen and oxygen atoms in total. The lowest BCUT2D eigenvalue weighted by Crippen LogP contribution is -2.69. The smallest absolute Gasteiger partial charge is 0.247 e. The number of likely N-dealkylation sites (N-methyl/N-ethyl adjacent to an activating group) is 1. The number of nitrogens with zero attached hydrogens (tertiary/aromatic N) is 5. The summed E-state index contributed by atoms with van der Waals surface area (Å²) >= 11 is 0. The van der Waals surface area contributed by atoms with Crippen molar-refractivity contribution >= 4 is 11.8 Å². The second-order valence-corrected chi connectivity index (χ2v) is 9.01. The van der Waals surface area contributed by atoms with Gasteiger partial charge in [0.15, 0.2) is 0 Å². The van der Waals surface area contributed by atoms with Crippen molar-refractivity contribution in [2.45, 2.75) is 45.8 Å². The van der Waals surface area contributed by atoms with Crippen molar-refractivity contribution in [2.24, 2.45) is 5.92 Å². The first-order chi connectivity index (χ1) is 14.3. The molecular formula is C23H31N5O2. The van der Waals surface area contributed by atoms with Gasteiger partial charge < -0.3 is 9.80 Å². The maximum atomic E-state index is 13.0. The van der Waals surface area contributed by atoms with Crippen molar-refractivity contribution in [1.29, 1.82) is 0 Å². The lowest BCUT2D eigenvalue weighted by Gasteiger charge is -2.48. The van der Waals surface area contributed by atoms with Crippen LogP contribution in [0, 0.1) is 12.8 Å². The number of amides is 2. The van der Waals surface area contributed by atoms with E-state index in [9.17, 15) is 9.59 Å². The van der Waals surface area contributed by atoms with Crippen molar-refractivity contribution in [3.05, 3.63) is 47.8 Å². The van der Waals surface area contributed by atoms with E-state index in [4.69, 9.17) is 0 Å². The first-order valence-electron chi connectivity index (χ1n) is 10.7. The molecule has 30 heavy (non-hydrogen) atoms. The molecule has 2 aliphatic heterocycles. The summed E-state index contributed by atoms with van der Waals surface area (Å²) in [5.74, 6) is 0.528. The average molecular weight is 410 g/mol. The number of carbonyl (C=O) groups excluding carboxylic acids is 2. The number of hydrogen-bond acceptors (Lipinski definition) is 4. The Hall–Kier alpha value is -2.67.